The molecule has 166 valence electrons. The maximum atomic E-state index is 12.8. The second-order valence-corrected chi connectivity index (χ2v) is 9.09. The summed E-state index contributed by atoms with van der Waals surface area (Å²) in [6.45, 7) is 0. The fourth-order valence-corrected chi connectivity index (χ4v) is 4.60. The Labute approximate surface area is 191 Å². The summed E-state index contributed by atoms with van der Waals surface area (Å²) in [6, 6.07) is 25.3. The maximum absolute atomic E-state index is 12.8. The van der Waals surface area contributed by atoms with E-state index in [9.17, 15) is 8.42 Å². The molecule has 0 saturated heterocycles. The van der Waals surface area contributed by atoms with Gasteiger partial charge in [0.1, 0.15) is 11.8 Å². The van der Waals surface area contributed by atoms with Gasteiger partial charge in [-0.25, -0.2) is 17.8 Å². The SMILES string of the molecule is COc1ccc([C@@H]2C=C(c3ccccc3)Nc3nc(NS(=O)(=O)c4ccccc4)nn32)cc1. The Morgan fingerprint density at radius 2 is 1.61 bits per heavy atom. The summed E-state index contributed by atoms with van der Waals surface area (Å²) < 4.78 is 35.0. The summed E-state index contributed by atoms with van der Waals surface area (Å²) in [5, 5.41) is 7.74. The standard InChI is InChI=1S/C24H21N5O3S/c1-32-19-14-12-18(13-15-19)22-16-21(17-8-4-2-5-9-17)25-24-26-23(27-29(22)24)28-33(30,31)20-10-6-3-7-11-20/h2-16,22H,1H3,(H2,25,26,27,28)/t22-/m0/s1. The molecule has 0 radical (unpaired) electrons. The summed E-state index contributed by atoms with van der Waals surface area (Å²) in [4.78, 5) is 4.57. The fraction of sp³-hybridized carbons (Fsp3) is 0.0833. The molecule has 1 aromatic heterocycles. The van der Waals surface area contributed by atoms with Crippen molar-refractivity contribution >= 4 is 27.6 Å². The number of hydrogen-bond donors (Lipinski definition) is 2. The first-order chi connectivity index (χ1) is 16.0. The molecule has 0 saturated carbocycles. The lowest BCUT2D eigenvalue weighted by atomic mass is 10.0. The fourth-order valence-electron chi connectivity index (χ4n) is 3.64. The number of nitrogens with one attached hydrogen (secondary N) is 2. The van der Waals surface area contributed by atoms with Gasteiger partial charge in [-0.05, 0) is 41.5 Å². The molecule has 9 heteroatoms. The van der Waals surface area contributed by atoms with E-state index in [4.69, 9.17) is 4.74 Å². The quantitative estimate of drug-likeness (QED) is 0.450. The van der Waals surface area contributed by atoms with Crippen molar-refractivity contribution in [3.05, 3.63) is 102 Å². The average Bonchev–Trinajstić information content (AvgIpc) is 3.26. The number of allylic oxidation sites excluding steroid dienone is 1. The number of hydrogen-bond acceptors (Lipinski definition) is 6. The molecule has 2 heterocycles. The molecule has 3 aromatic carbocycles. The molecule has 33 heavy (non-hydrogen) atoms. The van der Waals surface area contributed by atoms with E-state index in [1.165, 1.54) is 12.1 Å². The zero-order valence-electron chi connectivity index (χ0n) is 17.7. The van der Waals surface area contributed by atoms with Crippen LogP contribution in [-0.2, 0) is 10.0 Å². The largest absolute Gasteiger partial charge is 0.497 e. The van der Waals surface area contributed by atoms with E-state index in [-0.39, 0.29) is 16.9 Å². The third-order valence-corrected chi connectivity index (χ3v) is 6.63. The number of benzene rings is 3. The average molecular weight is 460 g/mol. The molecule has 0 unspecified atom stereocenters. The number of aromatic nitrogens is 3. The van der Waals surface area contributed by atoms with Crippen LogP contribution >= 0.6 is 0 Å². The van der Waals surface area contributed by atoms with E-state index in [1.807, 2.05) is 60.7 Å². The van der Waals surface area contributed by atoms with Gasteiger partial charge >= 0.3 is 0 Å². The highest BCUT2D eigenvalue weighted by molar-refractivity contribution is 7.92. The molecule has 0 fully saturated rings. The predicted octanol–water partition coefficient (Wildman–Crippen LogP) is 4.14. The molecule has 0 bridgehead atoms. The molecule has 8 nitrogen and oxygen atoms in total. The van der Waals surface area contributed by atoms with Gasteiger partial charge in [-0.1, -0.05) is 60.7 Å². The first kappa shape index (κ1) is 20.8. The summed E-state index contributed by atoms with van der Waals surface area (Å²) in [5.41, 5.74) is 2.79. The first-order valence-corrected chi connectivity index (χ1v) is 11.7. The van der Waals surface area contributed by atoms with Crippen molar-refractivity contribution in [1.82, 2.24) is 14.8 Å². The minimum Gasteiger partial charge on any atom is -0.497 e. The van der Waals surface area contributed by atoms with E-state index < -0.39 is 10.0 Å². The van der Waals surface area contributed by atoms with Crippen LogP contribution in [0.3, 0.4) is 0 Å². The van der Waals surface area contributed by atoms with Gasteiger partial charge in [-0.15, -0.1) is 5.10 Å². The van der Waals surface area contributed by atoms with Crippen molar-refractivity contribution in [3.63, 3.8) is 0 Å². The molecule has 1 aliphatic heterocycles. The highest BCUT2D eigenvalue weighted by Crippen LogP contribution is 2.34. The van der Waals surface area contributed by atoms with Gasteiger partial charge in [-0.3, -0.25) is 0 Å². The van der Waals surface area contributed by atoms with Crippen LogP contribution in [0, 0.1) is 0 Å². The topological polar surface area (TPSA) is 98.1 Å². The summed E-state index contributed by atoms with van der Waals surface area (Å²) >= 11 is 0. The van der Waals surface area contributed by atoms with E-state index in [2.05, 4.69) is 20.1 Å². The van der Waals surface area contributed by atoms with Crippen LogP contribution in [0.25, 0.3) is 5.70 Å². The predicted molar refractivity (Wildman–Crippen MR) is 126 cm³/mol. The molecule has 0 spiro atoms. The number of anilines is 2. The number of ether oxygens (including phenoxy) is 1. The third kappa shape index (κ3) is 4.18. The Kier molecular flexibility index (Phi) is 5.31. The highest BCUT2D eigenvalue weighted by atomic mass is 32.2. The number of fused-ring (bicyclic) bond motifs is 1. The molecule has 1 aliphatic rings. The highest BCUT2D eigenvalue weighted by Gasteiger charge is 2.27. The summed E-state index contributed by atoms with van der Waals surface area (Å²) in [6.07, 6.45) is 2.04. The Morgan fingerprint density at radius 3 is 2.27 bits per heavy atom. The van der Waals surface area contributed by atoms with Gasteiger partial charge in [0, 0.05) is 5.70 Å². The van der Waals surface area contributed by atoms with E-state index in [1.54, 1.807) is 30.0 Å². The Bertz CT molecular complexity index is 1400. The van der Waals surface area contributed by atoms with Crippen molar-refractivity contribution in [3.8, 4) is 5.75 Å². The van der Waals surface area contributed by atoms with Crippen molar-refractivity contribution < 1.29 is 13.2 Å². The van der Waals surface area contributed by atoms with Crippen LogP contribution in [-0.4, -0.2) is 30.3 Å². The van der Waals surface area contributed by atoms with Gasteiger partial charge in [0.25, 0.3) is 16.0 Å². The van der Waals surface area contributed by atoms with Gasteiger partial charge < -0.3 is 10.1 Å². The molecule has 0 aliphatic carbocycles. The Morgan fingerprint density at radius 1 is 0.939 bits per heavy atom. The van der Waals surface area contributed by atoms with Crippen LogP contribution in [0.4, 0.5) is 11.9 Å². The molecule has 1 atom stereocenters. The van der Waals surface area contributed by atoms with Crippen LogP contribution in [0.2, 0.25) is 0 Å². The first-order valence-electron chi connectivity index (χ1n) is 10.3. The summed E-state index contributed by atoms with van der Waals surface area (Å²) in [7, 11) is -2.20. The molecular weight excluding hydrogens is 438 g/mol. The third-order valence-electron chi connectivity index (χ3n) is 5.29. The Balaban J connectivity index is 1.54. The van der Waals surface area contributed by atoms with Crippen molar-refractivity contribution in [1.29, 1.82) is 0 Å². The molecule has 2 N–H and O–H groups in total. The zero-order chi connectivity index (χ0) is 22.8. The normalized spacial score (nSPS) is 15.2. The lowest BCUT2D eigenvalue weighted by Gasteiger charge is -2.24. The van der Waals surface area contributed by atoms with E-state index in [0.29, 0.717) is 5.95 Å². The maximum Gasteiger partial charge on any atom is 0.264 e. The van der Waals surface area contributed by atoms with Crippen LogP contribution in [0.15, 0.2) is 95.9 Å². The molecular formula is C24H21N5O3S. The monoisotopic (exact) mass is 459 g/mol. The molecule has 5 rings (SSSR count). The number of methoxy groups -OCH3 is 1. The number of rotatable bonds is 6. The minimum atomic E-state index is -3.82. The smallest absolute Gasteiger partial charge is 0.264 e. The van der Waals surface area contributed by atoms with Crippen LogP contribution in [0.1, 0.15) is 17.2 Å². The lowest BCUT2D eigenvalue weighted by Crippen LogP contribution is -2.20. The zero-order valence-corrected chi connectivity index (χ0v) is 18.5. The van der Waals surface area contributed by atoms with Gasteiger partial charge in [0.2, 0.25) is 5.95 Å². The van der Waals surface area contributed by atoms with Crippen molar-refractivity contribution in [2.75, 3.05) is 17.1 Å². The Hall–Kier alpha value is -4.11. The van der Waals surface area contributed by atoms with Crippen LogP contribution in [0.5, 0.6) is 5.75 Å². The lowest BCUT2D eigenvalue weighted by molar-refractivity contribution is 0.414. The van der Waals surface area contributed by atoms with Crippen molar-refractivity contribution in [2.24, 2.45) is 0 Å². The molecule has 4 aromatic rings. The second kappa shape index (κ2) is 8.44. The van der Waals surface area contributed by atoms with Crippen LogP contribution < -0.4 is 14.8 Å². The van der Waals surface area contributed by atoms with Crippen molar-refractivity contribution in [2.45, 2.75) is 10.9 Å². The van der Waals surface area contributed by atoms with Gasteiger partial charge in [0.15, 0.2) is 0 Å². The minimum absolute atomic E-state index is 0.0115. The van der Waals surface area contributed by atoms with Gasteiger partial charge in [-0.2, -0.15) is 4.98 Å². The second-order valence-electron chi connectivity index (χ2n) is 7.41. The number of nitrogens with zero attached hydrogens (tertiary/aromatic N) is 3. The number of sulfonamides is 1. The van der Waals surface area contributed by atoms with E-state index in [0.717, 1.165) is 22.6 Å². The van der Waals surface area contributed by atoms with Gasteiger partial charge in [0.05, 0.1) is 12.0 Å². The van der Waals surface area contributed by atoms with E-state index >= 15 is 0 Å². The summed E-state index contributed by atoms with van der Waals surface area (Å²) in [5.74, 6) is 1.17. The molecule has 0 amide bonds.